The van der Waals surface area contributed by atoms with Crippen LogP contribution in [-0.4, -0.2) is 25.4 Å². The highest BCUT2D eigenvalue weighted by atomic mass is 16.1. The molecule has 0 aliphatic heterocycles. The van der Waals surface area contributed by atoms with Crippen LogP contribution >= 0.6 is 0 Å². The number of hydrogen-bond acceptors (Lipinski definition) is 5. The first-order valence-corrected chi connectivity index (χ1v) is 9.11. The second kappa shape index (κ2) is 8.44. The third-order valence-corrected chi connectivity index (χ3v) is 4.51. The molecule has 7 nitrogen and oxygen atoms in total. The first-order chi connectivity index (χ1) is 13.1. The van der Waals surface area contributed by atoms with Gasteiger partial charge in [-0.25, -0.2) is 15.0 Å². The number of anilines is 3. The fourth-order valence-corrected chi connectivity index (χ4v) is 2.86. The topological polar surface area (TPSA) is 84.7 Å². The first kappa shape index (κ1) is 18.6. The van der Waals surface area contributed by atoms with E-state index in [-0.39, 0.29) is 11.8 Å². The second-order valence-corrected chi connectivity index (χ2v) is 6.31. The van der Waals surface area contributed by atoms with Crippen molar-refractivity contribution in [3.05, 3.63) is 54.9 Å². The number of aromatic nitrogens is 4. The Morgan fingerprint density at radius 3 is 2.41 bits per heavy atom. The van der Waals surface area contributed by atoms with E-state index in [1.54, 1.807) is 6.20 Å². The molecule has 0 saturated carbocycles. The van der Waals surface area contributed by atoms with Crippen molar-refractivity contribution in [1.29, 1.82) is 0 Å². The average molecular weight is 364 g/mol. The monoisotopic (exact) mass is 364 g/mol. The smallest absolute Gasteiger partial charge is 0.227 e. The maximum absolute atomic E-state index is 12.2. The number of aryl methyl sites for hydroxylation is 1. The number of imidazole rings is 1. The highest BCUT2D eigenvalue weighted by molar-refractivity contribution is 5.92. The van der Waals surface area contributed by atoms with Crippen molar-refractivity contribution in [1.82, 2.24) is 19.5 Å². The fourth-order valence-electron chi connectivity index (χ4n) is 2.86. The molecule has 0 bridgehead atoms. The molecule has 0 aliphatic rings. The number of nitrogens with one attached hydrogen (secondary N) is 2. The van der Waals surface area contributed by atoms with Crippen molar-refractivity contribution in [3.63, 3.8) is 0 Å². The SMILES string of the molecule is CCC(CC)C(=O)Nc1ccc(Nc2cc(-n3ccnc3C)ncn2)cc1. The van der Waals surface area contributed by atoms with Crippen LogP contribution in [0.1, 0.15) is 32.5 Å². The molecule has 2 aromatic heterocycles. The van der Waals surface area contributed by atoms with Crippen molar-refractivity contribution in [3.8, 4) is 5.82 Å². The van der Waals surface area contributed by atoms with E-state index in [0.29, 0.717) is 5.82 Å². The zero-order chi connectivity index (χ0) is 19.2. The van der Waals surface area contributed by atoms with E-state index in [9.17, 15) is 4.79 Å². The molecule has 0 atom stereocenters. The molecular formula is C20H24N6O. The zero-order valence-electron chi connectivity index (χ0n) is 15.8. The van der Waals surface area contributed by atoms with E-state index in [0.717, 1.165) is 35.9 Å². The molecule has 7 heteroatoms. The van der Waals surface area contributed by atoms with E-state index in [1.807, 2.05) is 61.9 Å². The highest BCUT2D eigenvalue weighted by Crippen LogP contribution is 2.20. The molecule has 2 heterocycles. The molecule has 0 fully saturated rings. The van der Waals surface area contributed by atoms with Crippen LogP contribution in [0, 0.1) is 12.8 Å². The minimum absolute atomic E-state index is 0.0499. The van der Waals surface area contributed by atoms with Gasteiger partial charge in [-0.3, -0.25) is 9.36 Å². The van der Waals surface area contributed by atoms with Gasteiger partial charge in [0.05, 0.1) is 0 Å². The molecule has 1 aromatic carbocycles. The molecule has 0 aliphatic carbocycles. The molecule has 3 aromatic rings. The number of carbonyl (C=O) groups excluding carboxylic acids is 1. The maximum atomic E-state index is 12.2. The van der Waals surface area contributed by atoms with Crippen molar-refractivity contribution < 1.29 is 4.79 Å². The van der Waals surface area contributed by atoms with E-state index >= 15 is 0 Å². The van der Waals surface area contributed by atoms with Crippen LogP contribution in [0.2, 0.25) is 0 Å². The lowest BCUT2D eigenvalue weighted by atomic mass is 10.0. The van der Waals surface area contributed by atoms with Crippen molar-refractivity contribution in [2.24, 2.45) is 5.92 Å². The fraction of sp³-hybridized carbons (Fsp3) is 0.300. The minimum atomic E-state index is 0.0499. The molecular weight excluding hydrogens is 340 g/mol. The van der Waals surface area contributed by atoms with Crippen LogP contribution < -0.4 is 10.6 Å². The van der Waals surface area contributed by atoms with E-state index in [4.69, 9.17) is 0 Å². The molecule has 0 unspecified atom stereocenters. The van der Waals surface area contributed by atoms with Gasteiger partial charge in [0, 0.05) is 35.8 Å². The zero-order valence-corrected chi connectivity index (χ0v) is 15.8. The highest BCUT2D eigenvalue weighted by Gasteiger charge is 2.14. The predicted octanol–water partition coefficient (Wildman–Crippen LogP) is 4.09. The van der Waals surface area contributed by atoms with Gasteiger partial charge in [0.2, 0.25) is 5.91 Å². The maximum Gasteiger partial charge on any atom is 0.227 e. The summed E-state index contributed by atoms with van der Waals surface area (Å²) in [5.41, 5.74) is 1.66. The van der Waals surface area contributed by atoms with E-state index in [1.165, 1.54) is 6.33 Å². The minimum Gasteiger partial charge on any atom is -0.340 e. The van der Waals surface area contributed by atoms with Crippen molar-refractivity contribution in [2.45, 2.75) is 33.6 Å². The number of carbonyl (C=O) groups is 1. The number of benzene rings is 1. The predicted molar refractivity (Wildman–Crippen MR) is 106 cm³/mol. The van der Waals surface area contributed by atoms with Gasteiger partial charge in [0.25, 0.3) is 0 Å². The Labute approximate surface area is 158 Å². The third kappa shape index (κ3) is 4.49. The molecule has 0 saturated heterocycles. The summed E-state index contributed by atoms with van der Waals surface area (Å²) in [4.78, 5) is 24.9. The van der Waals surface area contributed by atoms with Gasteiger partial charge in [-0.05, 0) is 44.0 Å². The number of amides is 1. The van der Waals surface area contributed by atoms with Gasteiger partial charge in [-0.1, -0.05) is 13.8 Å². The lowest BCUT2D eigenvalue weighted by Gasteiger charge is -2.13. The summed E-state index contributed by atoms with van der Waals surface area (Å²) in [5.74, 6) is 2.40. The van der Waals surface area contributed by atoms with Crippen LogP contribution in [0.4, 0.5) is 17.2 Å². The summed E-state index contributed by atoms with van der Waals surface area (Å²) < 4.78 is 1.89. The van der Waals surface area contributed by atoms with Crippen molar-refractivity contribution in [2.75, 3.05) is 10.6 Å². The summed E-state index contributed by atoms with van der Waals surface area (Å²) in [6, 6.07) is 9.44. The molecule has 3 rings (SSSR count). The quantitative estimate of drug-likeness (QED) is 0.660. The van der Waals surface area contributed by atoms with Gasteiger partial charge in [0.15, 0.2) is 0 Å². The largest absolute Gasteiger partial charge is 0.340 e. The summed E-state index contributed by atoms with van der Waals surface area (Å²) in [6.45, 7) is 5.98. The van der Waals surface area contributed by atoms with Gasteiger partial charge in [-0.2, -0.15) is 0 Å². The lowest BCUT2D eigenvalue weighted by Crippen LogP contribution is -2.21. The Morgan fingerprint density at radius 1 is 1.07 bits per heavy atom. The van der Waals surface area contributed by atoms with Gasteiger partial charge >= 0.3 is 0 Å². The number of nitrogens with zero attached hydrogens (tertiary/aromatic N) is 4. The molecule has 1 amide bonds. The number of hydrogen-bond donors (Lipinski definition) is 2. The Hall–Kier alpha value is -3.22. The molecule has 27 heavy (non-hydrogen) atoms. The molecule has 0 spiro atoms. The van der Waals surface area contributed by atoms with Crippen LogP contribution in [0.5, 0.6) is 0 Å². The van der Waals surface area contributed by atoms with E-state index < -0.39 is 0 Å². The van der Waals surface area contributed by atoms with Crippen LogP contribution in [0.15, 0.2) is 49.1 Å². The Balaban J connectivity index is 1.68. The summed E-state index contributed by atoms with van der Waals surface area (Å²) >= 11 is 0. The summed E-state index contributed by atoms with van der Waals surface area (Å²) in [6.07, 6.45) is 6.79. The lowest BCUT2D eigenvalue weighted by molar-refractivity contribution is -0.120. The van der Waals surface area contributed by atoms with Gasteiger partial charge < -0.3 is 10.6 Å². The first-order valence-electron chi connectivity index (χ1n) is 9.11. The summed E-state index contributed by atoms with van der Waals surface area (Å²) in [5, 5.41) is 6.22. The van der Waals surface area contributed by atoms with E-state index in [2.05, 4.69) is 25.6 Å². The normalized spacial score (nSPS) is 10.8. The molecule has 2 N–H and O–H groups in total. The van der Waals surface area contributed by atoms with Crippen LogP contribution in [0.25, 0.3) is 5.82 Å². The molecule has 140 valence electrons. The van der Waals surface area contributed by atoms with Crippen molar-refractivity contribution >= 4 is 23.1 Å². The van der Waals surface area contributed by atoms with Crippen LogP contribution in [-0.2, 0) is 4.79 Å². The Morgan fingerprint density at radius 2 is 1.78 bits per heavy atom. The number of rotatable bonds is 7. The Bertz CT molecular complexity index is 899. The standard InChI is InChI=1S/C20H24N6O/c1-4-15(5-2)20(27)25-17-8-6-16(7-9-17)24-18-12-19(23-13-22-18)26-11-10-21-14(26)3/h6-13,15H,4-5H2,1-3H3,(H,25,27)(H,22,23,24). The Kier molecular flexibility index (Phi) is 5.80. The van der Waals surface area contributed by atoms with Crippen LogP contribution in [0.3, 0.4) is 0 Å². The second-order valence-electron chi connectivity index (χ2n) is 6.31. The molecule has 0 radical (unpaired) electrons. The summed E-state index contributed by atoms with van der Waals surface area (Å²) in [7, 11) is 0. The average Bonchev–Trinajstić information content (AvgIpc) is 3.10. The van der Waals surface area contributed by atoms with Gasteiger partial charge in [-0.15, -0.1) is 0 Å². The van der Waals surface area contributed by atoms with Gasteiger partial charge in [0.1, 0.15) is 23.8 Å². The third-order valence-electron chi connectivity index (χ3n) is 4.51.